The molecule has 2 heterocycles. The molecular weight excluding hydrogens is 364 g/mol. The highest BCUT2D eigenvalue weighted by Crippen LogP contribution is 2.32. The highest BCUT2D eigenvalue weighted by Gasteiger charge is 2.14. The third kappa shape index (κ3) is 4.35. The van der Waals surface area contributed by atoms with Gasteiger partial charge in [-0.15, -0.1) is 0 Å². The van der Waals surface area contributed by atoms with E-state index < -0.39 is 6.09 Å². The van der Waals surface area contributed by atoms with Crippen LogP contribution in [0.15, 0.2) is 46.0 Å². The molecule has 0 aliphatic rings. The number of thiazole rings is 1. The molecule has 0 bridgehead atoms. The molecule has 1 N–H and O–H groups in total. The summed E-state index contributed by atoms with van der Waals surface area (Å²) < 4.78 is 10.6. The first-order valence-electron chi connectivity index (χ1n) is 8.20. The van der Waals surface area contributed by atoms with Crippen molar-refractivity contribution in [2.24, 2.45) is 4.99 Å². The average Bonchev–Trinajstić information content (AvgIpc) is 3.30. The third-order valence-corrected chi connectivity index (χ3v) is 4.89. The summed E-state index contributed by atoms with van der Waals surface area (Å²) in [6.07, 6.45) is 1.04. The highest BCUT2D eigenvalue weighted by atomic mass is 32.1. The van der Waals surface area contributed by atoms with Crippen LogP contribution in [-0.4, -0.2) is 31.9 Å². The highest BCUT2D eigenvalue weighted by molar-refractivity contribution is 7.19. The smallest absolute Gasteiger partial charge is 0.412 e. The van der Waals surface area contributed by atoms with Gasteiger partial charge in [0.1, 0.15) is 11.6 Å². The molecule has 27 heavy (non-hydrogen) atoms. The molecule has 7 nitrogen and oxygen atoms in total. The Hall–Kier alpha value is -3.13. The summed E-state index contributed by atoms with van der Waals surface area (Å²) >= 11 is 1.33. The van der Waals surface area contributed by atoms with Crippen molar-refractivity contribution in [2.45, 2.75) is 13.5 Å². The number of amides is 1. The number of aromatic nitrogens is 1. The molecule has 0 aliphatic heterocycles. The lowest BCUT2D eigenvalue weighted by atomic mass is 10.1. The van der Waals surface area contributed by atoms with Crippen molar-refractivity contribution < 1.29 is 13.9 Å². The minimum absolute atomic E-state index is 0.130. The summed E-state index contributed by atoms with van der Waals surface area (Å²) in [5, 5.41) is 4.06. The fourth-order valence-electron chi connectivity index (χ4n) is 2.46. The Kier molecular flexibility index (Phi) is 5.56. The number of nitrogens with one attached hydrogen (secondary N) is 1. The Labute approximate surface area is 161 Å². The van der Waals surface area contributed by atoms with Crippen molar-refractivity contribution in [3.05, 3.63) is 47.9 Å². The van der Waals surface area contributed by atoms with Crippen LogP contribution in [0.4, 0.5) is 21.2 Å². The van der Waals surface area contributed by atoms with Crippen LogP contribution in [0.25, 0.3) is 10.8 Å². The molecule has 0 fully saturated rings. The Bertz CT molecular complexity index is 948. The molecule has 3 aromatic rings. The molecule has 0 radical (unpaired) electrons. The second-order valence-corrected chi connectivity index (χ2v) is 6.99. The van der Waals surface area contributed by atoms with Gasteiger partial charge in [0.25, 0.3) is 0 Å². The number of nitrogens with zero attached hydrogens (tertiary/aromatic N) is 3. The molecule has 0 aliphatic carbocycles. The van der Waals surface area contributed by atoms with Gasteiger partial charge >= 0.3 is 6.09 Å². The average molecular weight is 384 g/mol. The molecule has 2 aromatic heterocycles. The van der Waals surface area contributed by atoms with Crippen LogP contribution in [0.3, 0.4) is 0 Å². The maximum absolute atomic E-state index is 12.1. The monoisotopic (exact) mass is 384 g/mol. The number of aryl methyl sites for hydroxylation is 1. The number of aliphatic imine (C=N–C) groups is 1. The first-order chi connectivity index (χ1) is 13.0. The molecule has 3 rings (SSSR count). The predicted octanol–water partition coefficient (Wildman–Crippen LogP) is 4.86. The summed E-state index contributed by atoms with van der Waals surface area (Å²) in [7, 11) is 3.87. The Morgan fingerprint density at radius 2 is 2.22 bits per heavy atom. The van der Waals surface area contributed by atoms with Crippen molar-refractivity contribution in [3.8, 4) is 10.8 Å². The van der Waals surface area contributed by atoms with E-state index in [0.29, 0.717) is 21.5 Å². The lowest BCUT2D eigenvalue weighted by Crippen LogP contribution is -2.13. The van der Waals surface area contributed by atoms with Gasteiger partial charge in [-0.2, -0.15) is 0 Å². The van der Waals surface area contributed by atoms with Gasteiger partial charge in [0, 0.05) is 14.1 Å². The number of ether oxygens (including phenoxy) is 1. The normalized spacial score (nSPS) is 10.5. The molecular formula is C19H20N4O3S. The standard InChI is InChI=1S/C19H20N4O3S/c1-12-17(27-18(21-12)16-6-5-9-25-16)22-19(24)26-11-13-7-8-15(23(3)4)14(10-13)20-2/h5-10H,2,11H2,1,3-4H3,(H,22,24). The molecule has 0 spiro atoms. The van der Waals surface area contributed by atoms with E-state index in [4.69, 9.17) is 9.15 Å². The van der Waals surface area contributed by atoms with Gasteiger partial charge in [-0.25, -0.2) is 9.78 Å². The van der Waals surface area contributed by atoms with E-state index in [0.717, 1.165) is 16.9 Å². The molecule has 0 saturated heterocycles. The van der Waals surface area contributed by atoms with E-state index in [2.05, 4.69) is 22.0 Å². The molecule has 1 aromatic carbocycles. The zero-order valence-electron chi connectivity index (χ0n) is 15.4. The van der Waals surface area contributed by atoms with Crippen LogP contribution in [0, 0.1) is 6.92 Å². The number of benzene rings is 1. The van der Waals surface area contributed by atoms with E-state index in [1.54, 1.807) is 12.3 Å². The topological polar surface area (TPSA) is 80.0 Å². The largest absolute Gasteiger partial charge is 0.462 e. The van der Waals surface area contributed by atoms with Crippen molar-refractivity contribution in [3.63, 3.8) is 0 Å². The molecule has 8 heteroatoms. The number of hydrogen-bond donors (Lipinski definition) is 1. The number of carbonyl (C=O) groups excluding carboxylic acids is 1. The number of hydrogen-bond acceptors (Lipinski definition) is 7. The molecule has 140 valence electrons. The van der Waals surface area contributed by atoms with Gasteiger partial charge in [0.15, 0.2) is 10.8 Å². The number of anilines is 2. The molecule has 1 amide bonds. The lowest BCUT2D eigenvalue weighted by Gasteiger charge is -2.16. The van der Waals surface area contributed by atoms with Crippen molar-refractivity contribution in [1.29, 1.82) is 0 Å². The number of carbonyl (C=O) groups is 1. The lowest BCUT2D eigenvalue weighted by molar-refractivity contribution is 0.155. The van der Waals surface area contributed by atoms with Gasteiger partial charge in [0.05, 0.1) is 23.3 Å². The zero-order chi connectivity index (χ0) is 19.4. The summed E-state index contributed by atoms with van der Waals surface area (Å²) in [6, 6.07) is 9.28. The van der Waals surface area contributed by atoms with Gasteiger partial charge < -0.3 is 14.1 Å². The van der Waals surface area contributed by atoms with E-state index >= 15 is 0 Å². The minimum atomic E-state index is -0.544. The fraction of sp³-hybridized carbons (Fsp3) is 0.211. The molecule has 0 unspecified atom stereocenters. The first kappa shape index (κ1) is 18.7. The maximum Gasteiger partial charge on any atom is 0.412 e. The van der Waals surface area contributed by atoms with Crippen LogP contribution >= 0.6 is 11.3 Å². The Morgan fingerprint density at radius 3 is 2.89 bits per heavy atom. The Balaban J connectivity index is 1.63. The summed E-state index contributed by atoms with van der Waals surface area (Å²) in [4.78, 5) is 22.5. The molecule has 0 saturated carbocycles. The SMILES string of the molecule is C=Nc1cc(COC(=O)Nc2sc(-c3ccco3)nc2C)ccc1N(C)C. The van der Waals surface area contributed by atoms with E-state index in [1.165, 1.54) is 11.3 Å². The maximum atomic E-state index is 12.1. The first-order valence-corrected chi connectivity index (χ1v) is 9.01. The summed E-state index contributed by atoms with van der Waals surface area (Å²) in [6.45, 7) is 5.54. The second kappa shape index (κ2) is 8.05. The van der Waals surface area contributed by atoms with Crippen LogP contribution in [-0.2, 0) is 11.3 Å². The quantitative estimate of drug-likeness (QED) is 0.614. The van der Waals surface area contributed by atoms with E-state index in [9.17, 15) is 4.79 Å². The number of rotatable bonds is 6. The van der Waals surface area contributed by atoms with Crippen molar-refractivity contribution >= 4 is 40.5 Å². The zero-order valence-corrected chi connectivity index (χ0v) is 16.2. The van der Waals surface area contributed by atoms with Gasteiger partial charge in [-0.3, -0.25) is 10.3 Å². The van der Waals surface area contributed by atoms with E-state index in [-0.39, 0.29) is 6.61 Å². The summed E-state index contributed by atoms with van der Waals surface area (Å²) in [5.41, 5.74) is 3.22. The fourth-order valence-corrected chi connectivity index (χ4v) is 3.38. The van der Waals surface area contributed by atoms with Crippen LogP contribution in [0.1, 0.15) is 11.3 Å². The van der Waals surface area contributed by atoms with Crippen molar-refractivity contribution in [2.75, 3.05) is 24.3 Å². The van der Waals surface area contributed by atoms with Crippen LogP contribution in [0.5, 0.6) is 0 Å². The summed E-state index contributed by atoms with van der Waals surface area (Å²) in [5.74, 6) is 0.662. The predicted molar refractivity (Wildman–Crippen MR) is 108 cm³/mol. The van der Waals surface area contributed by atoms with Gasteiger partial charge in [-0.05, 0) is 43.5 Å². The third-order valence-electron chi connectivity index (χ3n) is 3.81. The van der Waals surface area contributed by atoms with Gasteiger partial charge in [-0.1, -0.05) is 17.4 Å². The van der Waals surface area contributed by atoms with Crippen molar-refractivity contribution in [1.82, 2.24) is 4.98 Å². The van der Waals surface area contributed by atoms with Crippen LogP contribution in [0.2, 0.25) is 0 Å². The van der Waals surface area contributed by atoms with Gasteiger partial charge in [0.2, 0.25) is 0 Å². The minimum Gasteiger partial charge on any atom is -0.462 e. The van der Waals surface area contributed by atoms with Crippen LogP contribution < -0.4 is 10.2 Å². The van der Waals surface area contributed by atoms with E-state index in [1.807, 2.05) is 50.2 Å². The second-order valence-electron chi connectivity index (χ2n) is 5.99. The Morgan fingerprint density at radius 1 is 1.41 bits per heavy atom. The number of furan rings is 1. The molecule has 0 atom stereocenters.